The van der Waals surface area contributed by atoms with E-state index in [0.717, 1.165) is 11.1 Å². The molecular formula is C15H16N2O3. The number of methoxy groups -OCH3 is 1. The molecule has 0 saturated carbocycles. The lowest BCUT2D eigenvalue weighted by Gasteiger charge is -2.12. The van der Waals surface area contributed by atoms with E-state index in [1.54, 1.807) is 0 Å². The number of aryl methyl sites for hydroxylation is 1. The summed E-state index contributed by atoms with van der Waals surface area (Å²) in [7, 11) is 1.48. The Morgan fingerprint density at radius 2 is 2.00 bits per heavy atom. The Morgan fingerprint density at radius 3 is 2.60 bits per heavy atom. The number of benzene rings is 1. The lowest BCUT2D eigenvalue weighted by atomic mass is 9.96. The van der Waals surface area contributed by atoms with Gasteiger partial charge in [0.15, 0.2) is 0 Å². The Hall–Kier alpha value is -2.43. The van der Waals surface area contributed by atoms with Gasteiger partial charge in [-0.15, -0.1) is 0 Å². The zero-order valence-electron chi connectivity index (χ0n) is 11.4. The lowest BCUT2D eigenvalue weighted by molar-refractivity contribution is -0.138. The van der Waals surface area contributed by atoms with Gasteiger partial charge in [-0.25, -0.2) is 4.98 Å². The van der Waals surface area contributed by atoms with Gasteiger partial charge in [0.05, 0.1) is 19.0 Å². The predicted molar refractivity (Wildman–Crippen MR) is 73.8 cm³/mol. The highest BCUT2D eigenvalue weighted by Gasteiger charge is 2.22. The van der Waals surface area contributed by atoms with Crippen LogP contribution in [0.1, 0.15) is 22.7 Å². The molecule has 2 rings (SSSR count). The molecule has 5 nitrogen and oxygen atoms in total. The molecule has 0 spiro atoms. The average Bonchev–Trinajstić information content (AvgIpc) is 2.46. The maximum Gasteiger partial charge on any atom is 0.312 e. The second-order valence-electron chi connectivity index (χ2n) is 4.57. The Morgan fingerprint density at radius 1 is 1.30 bits per heavy atom. The van der Waals surface area contributed by atoms with Crippen LogP contribution in [0.5, 0.6) is 5.88 Å². The largest absolute Gasteiger partial charge is 0.481 e. The summed E-state index contributed by atoms with van der Waals surface area (Å²) in [5.74, 6) is -1.34. The van der Waals surface area contributed by atoms with Gasteiger partial charge in [0.2, 0.25) is 5.88 Å². The fourth-order valence-corrected chi connectivity index (χ4v) is 1.91. The molecule has 1 aromatic heterocycles. The van der Waals surface area contributed by atoms with E-state index in [0.29, 0.717) is 18.0 Å². The van der Waals surface area contributed by atoms with E-state index in [2.05, 4.69) is 9.97 Å². The minimum Gasteiger partial charge on any atom is -0.481 e. The fourth-order valence-electron chi connectivity index (χ4n) is 1.91. The molecule has 1 N–H and O–H groups in total. The predicted octanol–water partition coefficient (Wildman–Crippen LogP) is 2.20. The van der Waals surface area contributed by atoms with E-state index in [4.69, 9.17) is 4.74 Å². The highest BCUT2D eigenvalue weighted by molar-refractivity contribution is 5.75. The van der Waals surface area contributed by atoms with Gasteiger partial charge >= 0.3 is 5.97 Å². The van der Waals surface area contributed by atoms with Crippen LogP contribution in [-0.4, -0.2) is 28.2 Å². The minimum atomic E-state index is -0.923. The molecule has 20 heavy (non-hydrogen) atoms. The molecule has 1 aromatic carbocycles. The van der Waals surface area contributed by atoms with Gasteiger partial charge in [0.25, 0.3) is 0 Å². The van der Waals surface area contributed by atoms with Crippen molar-refractivity contribution in [2.45, 2.75) is 19.3 Å². The minimum absolute atomic E-state index is 0.317. The van der Waals surface area contributed by atoms with E-state index in [1.807, 2.05) is 31.2 Å². The first-order valence-electron chi connectivity index (χ1n) is 6.24. The molecule has 1 unspecified atom stereocenters. The molecular weight excluding hydrogens is 256 g/mol. The number of carboxylic acid groups (broad SMARTS) is 1. The number of carbonyl (C=O) groups is 1. The third-order valence-corrected chi connectivity index (χ3v) is 3.06. The maximum absolute atomic E-state index is 11.5. The van der Waals surface area contributed by atoms with Crippen molar-refractivity contribution in [3.8, 4) is 5.88 Å². The van der Waals surface area contributed by atoms with Crippen molar-refractivity contribution < 1.29 is 14.6 Å². The number of hydrogen-bond acceptors (Lipinski definition) is 4. The Bertz CT molecular complexity index is 596. The van der Waals surface area contributed by atoms with Crippen LogP contribution in [0.15, 0.2) is 36.7 Å². The van der Waals surface area contributed by atoms with Crippen LogP contribution in [-0.2, 0) is 11.2 Å². The highest BCUT2D eigenvalue weighted by atomic mass is 16.5. The summed E-state index contributed by atoms with van der Waals surface area (Å²) < 4.78 is 4.98. The molecule has 1 atom stereocenters. The zero-order valence-corrected chi connectivity index (χ0v) is 11.4. The monoisotopic (exact) mass is 272 g/mol. The van der Waals surface area contributed by atoms with Crippen molar-refractivity contribution in [2.24, 2.45) is 0 Å². The Kier molecular flexibility index (Phi) is 4.30. The first-order valence-corrected chi connectivity index (χ1v) is 6.24. The molecule has 104 valence electrons. The number of rotatable bonds is 5. The van der Waals surface area contributed by atoms with Crippen LogP contribution < -0.4 is 4.74 Å². The van der Waals surface area contributed by atoms with Crippen molar-refractivity contribution in [2.75, 3.05) is 7.11 Å². The van der Waals surface area contributed by atoms with Crippen LogP contribution >= 0.6 is 0 Å². The average molecular weight is 272 g/mol. The number of nitrogens with zero attached hydrogens (tertiary/aromatic N) is 2. The number of aliphatic carboxylic acids is 1. The molecule has 0 bridgehead atoms. The van der Waals surface area contributed by atoms with Gasteiger partial charge in [0.1, 0.15) is 5.92 Å². The van der Waals surface area contributed by atoms with Crippen LogP contribution in [0.3, 0.4) is 0 Å². The van der Waals surface area contributed by atoms with Gasteiger partial charge in [-0.3, -0.25) is 9.78 Å². The lowest BCUT2D eigenvalue weighted by Crippen LogP contribution is -2.16. The summed E-state index contributed by atoms with van der Waals surface area (Å²) in [6.45, 7) is 1.99. The van der Waals surface area contributed by atoms with Crippen molar-refractivity contribution in [1.82, 2.24) is 9.97 Å². The third-order valence-electron chi connectivity index (χ3n) is 3.06. The summed E-state index contributed by atoms with van der Waals surface area (Å²) >= 11 is 0. The summed E-state index contributed by atoms with van der Waals surface area (Å²) in [5, 5.41) is 9.40. The third kappa shape index (κ3) is 3.32. The fraction of sp³-hybridized carbons (Fsp3) is 0.267. The van der Waals surface area contributed by atoms with Gasteiger partial charge < -0.3 is 9.84 Å². The van der Waals surface area contributed by atoms with Crippen LogP contribution in [0.2, 0.25) is 0 Å². The first kappa shape index (κ1) is 14.0. The van der Waals surface area contributed by atoms with Crippen molar-refractivity contribution in [3.63, 3.8) is 0 Å². The maximum atomic E-state index is 11.5. The zero-order chi connectivity index (χ0) is 14.5. The van der Waals surface area contributed by atoms with Gasteiger partial charge in [-0.1, -0.05) is 29.8 Å². The molecule has 0 radical (unpaired) electrons. The molecule has 0 fully saturated rings. The highest BCUT2D eigenvalue weighted by Crippen LogP contribution is 2.21. The number of hydrogen-bond donors (Lipinski definition) is 1. The van der Waals surface area contributed by atoms with Crippen molar-refractivity contribution >= 4 is 5.97 Å². The molecule has 0 saturated heterocycles. The SMILES string of the molecule is COc1cncc(C(Cc2ccc(C)cc2)C(=O)O)n1. The summed E-state index contributed by atoms with van der Waals surface area (Å²) in [6, 6.07) is 7.79. The van der Waals surface area contributed by atoms with Crippen LogP contribution in [0, 0.1) is 6.92 Å². The van der Waals surface area contributed by atoms with E-state index in [-0.39, 0.29) is 0 Å². The van der Waals surface area contributed by atoms with Gasteiger partial charge in [-0.05, 0) is 18.9 Å². The van der Waals surface area contributed by atoms with E-state index >= 15 is 0 Å². The topological polar surface area (TPSA) is 72.3 Å². The quantitative estimate of drug-likeness (QED) is 0.903. The Balaban J connectivity index is 2.26. The molecule has 1 heterocycles. The molecule has 0 aliphatic heterocycles. The van der Waals surface area contributed by atoms with Crippen LogP contribution in [0.4, 0.5) is 0 Å². The molecule has 0 aliphatic rings. The van der Waals surface area contributed by atoms with Crippen LogP contribution in [0.25, 0.3) is 0 Å². The summed E-state index contributed by atoms with van der Waals surface area (Å²) in [6.07, 6.45) is 3.29. The summed E-state index contributed by atoms with van der Waals surface area (Å²) in [4.78, 5) is 19.6. The second kappa shape index (κ2) is 6.14. The molecule has 5 heteroatoms. The Labute approximate surface area is 117 Å². The van der Waals surface area contributed by atoms with E-state index in [1.165, 1.54) is 19.5 Å². The number of aromatic nitrogens is 2. The smallest absolute Gasteiger partial charge is 0.312 e. The second-order valence-corrected chi connectivity index (χ2v) is 4.57. The standard InChI is InChI=1S/C15H16N2O3/c1-10-3-5-11(6-4-10)7-12(15(18)19)13-8-16-9-14(17-13)20-2/h3-6,8-9,12H,7H2,1-2H3,(H,18,19). The van der Waals surface area contributed by atoms with Crippen molar-refractivity contribution in [3.05, 3.63) is 53.5 Å². The number of ether oxygens (including phenoxy) is 1. The molecule has 0 aliphatic carbocycles. The van der Waals surface area contributed by atoms with E-state index < -0.39 is 11.9 Å². The van der Waals surface area contributed by atoms with E-state index in [9.17, 15) is 9.90 Å². The van der Waals surface area contributed by atoms with Gasteiger partial charge in [-0.2, -0.15) is 0 Å². The molecule has 2 aromatic rings. The normalized spacial score (nSPS) is 11.9. The van der Waals surface area contributed by atoms with Crippen molar-refractivity contribution in [1.29, 1.82) is 0 Å². The van der Waals surface area contributed by atoms with Gasteiger partial charge in [0, 0.05) is 6.20 Å². The summed E-state index contributed by atoms with van der Waals surface area (Å²) in [5.41, 5.74) is 2.49. The molecule has 0 amide bonds. The number of carboxylic acids is 1. The first-order chi connectivity index (χ1) is 9.60.